The number of benzene rings is 9. The highest BCUT2D eigenvalue weighted by Crippen LogP contribution is 2.39. The van der Waals surface area contributed by atoms with Crippen molar-refractivity contribution in [2.45, 2.75) is 34.6 Å². The number of fused-ring (bicyclic) bond motifs is 12. The Morgan fingerprint density at radius 2 is 0.729 bits per heavy atom. The molecule has 11 rings (SSSR count). The molecule has 0 radical (unpaired) electrons. The molecule has 70 heavy (non-hydrogen) atoms. The van der Waals surface area contributed by atoms with Crippen molar-refractivity contribution < 1.29 is 24.3 Å². The summed E-state index contributed by atoms with van der Waals surface area (Å²) in [6, 6.07) is 49.1. The Morgan fingerprint density at radius 3 is 1.10 bits per heavy atom. The second kappa shape index (κ2) is 21.4. The smallest absolute Gasteiger partial charge is 0.488 e. The number of ether oxygens (including phenoxy) is 3. The van der Waals surface area contributed by atoms with Gasteiger partial charge in [-0.25, -0.2) is 9.97 Å². The lowest BCUT2D eigenvalue weighted by Gasteiger charge is -2.13. The molecule has 0 aliphatic carbocycles. The first-order valence-corrected chi connectivity index (χ1v) is 24.7. The molecule has 0 aliphatic heterocycles. The summed E-state index contributed by atoms with van der Waals surface area (Å²) in [7, 11) is -1.40. The van der Waals surface area contributed by atoms with E-state index in [1.807, 2.05) is 77.3 Å². The number of halogens is 2. The van der Waals surface area contributed by atoms with Crippen LogP contribution in [0.1, 0.15) is 32.2 Å². The molecule has 2 N–H and O–H groups in total. The van der Waals surface area contributed by atoms with Crippen molar-refractivity contribution in [1.82, 2.24) is 19.9 Å². The van der Waals surface area contributed by atoms with Gasteiger partial charge in [0.25, 0.3) is 0 Å². The Kier molecular flexibility index (Phi) is 14.7. The maximum Gasteiger partial charge on any atom is 0.488 e. The zero-order valence-electron chi connectivity index (χ0n) is 39.4. The molecule has 0 saturated heterocycles. The third-order valence-electron chi connectivity index (χ3n) is 11.9. The van der Waals surface area contributed by atoms with E-state index in [4.69, 9.17) is 39.2 Å². The van der Waals surface area contributed by atoms with E-state index in [1.165, 1.54) is 21.5 Å². The van der Waals surface area contributed by atoms with Gasteiger partial charge in [-0.15, -0.1) is 0 Å². The van der Waals surface area contributed by atoms with Gasteiger partial charge < -0.3 is 24.3 Å². The molecular formula is C58H49BBr2N4O5. The second-order valence-corrected chi connectivity index (χ2v) is 18.4. The molecular weight excluding hydrogens is 1000 g/mol. The molecule has 0 aliphatic rings. The topological polar surface area (TPSA) is 120 Å². The zero-order chi connectivity index (χ0) is 48.9. The van der Waals surface area contributed by atoms with Crippen LogP contribution in [0.4, 0.5) is 0 Å². The van der Waals surface area contributed by atoms with Crippen LogP contribution in [0.3, 0.4) is 0 Å². The Labute approximate surface area is 423 Å². The molecule has 0 amide bonds. The van der Waals surface area contributed by atoms with Crippen molar-refractivity contribution in [3.05, 3.63) is 178 Å². The molecule has 0 fully saturated rings. The third-order valence-corrected chi connectivity index (χ3v) is 12.9. The van der Waals surface area contributed by atoms with Gasteiger partial charge in [0.1, 0.15) is 17.2 Å². The molecule has 0 bridgehead atoms. The number of hydrogen-bond acceptors (Lipinski definition) is 9. The van der Waals surface area contributed by atoms with E-state index in [9.17, 15) is 0 Å². The summed E-state index contributed by atoms with van der Waals surface area (Å²) >= 11 is 7.13. The monoisotopic (exact) mass is 1050 g/mol. The first kappa shape index (κ1) is 48.1. The van der Waals surface area contributed by atoms with Crippen LogP contribution in [0, 0.1) is 13.8 Å². The average Bonchev–Trinajstić information content (AvgIpc) is 3.37. The van der Waals surface area contributed by atoms with E-state index in [1.54, 1.807) is 24.3 Å². The van der Waals surface area contributed by atoms with Crippen molar-refractivity contribution >= 4 is 110 Å². The van der Waals surface area contributed by atoms with Crippen LogP contribution in [0.15, 0.2) is 167 Å². The number of hydrogen-bond donors (Lipinski definition) is 2. The molecule has 0 spiro atoms. The Bertz CT molecular complexity index is 3670. The predicted octanol–water partition coefficient (Wildman–Crippen LogP) is 13.9. The molecule has 348 valence electrons. The van der Waals surface area contributed by atoms with Crippen molar-refractivity contribution in [3.8, 4) is 39.5 Å². The normalized spacial score (nSPS) is 11.1. The highest BCUT2D eigenvalue weighted by Gasteiger charge is 2.15. The molecule has 9 nitrogen and oxygen atoms in total. The summed E-state index contributed by atoms with van der Waals surface area (Å²) in [5, 5.41) is 26.7. The lowest BCUT2D eigenvalue weighted by atomic mass is 9.80. The van der Waals surface area contributed by atoms with Crippen LogP contribution in [0.2, 0.25) is 0 Å². The van der Waals surface area contributed by atoms with E-state index in [-0.39, 0.29) is 0 Å². The summed E-state index contributed by atoms with van der Waals surface area (Å²) < 4.78 is 18.6. The van der Waals surface area contributed by atoms with E-state index in [2.05, 4.69) is 128 Å². The quantitative estimate of drug-likeness (QED) is 0.108. The van der Waals surface area contributed by atoms with Gasteiger partial charge in [-0.1, -0.05) is 105 Å². The molecule has 2 heterocycles. The number of rotatable bonds is 9. The summed E-state index contributed by atoms with van der Waals surface area (Å²) in [6.07, 6.45) is 3.68. The van der Waals surface area contributed by atoms with Crippen LogP contribution >= 0.6 is 31.9 Å². The van der Waals surface area contributed by atoms with Gasteiger partial charge in [0.2, 0.25) is 0 Å². The highest BCUT2D eigenvalue weighted by molar-refractivity contribution is 9.10. The fourth-order valence-corrected chi connectivity index (χ4v) is 9.37. The van der Waals surface area contributed by atoms with Gasteiger partial charge in [0.05, 0.1) is 53.3 Å². The lowest BCUT2D eigenvalue weighted by Crippen LogP contribution is -2.29. The number of aromatic nitrogens is 4. The Balaban J connectivity index is 0.000000154. The zero-order valence-corrected chi connectivity index (χ0v) is 42.5. The minimum absolute atomic E-state index is 0.471. The first-order valence-electron chi connectivity index (χ1n) is 23.1. The van der Waals surface area contributed by atoms with E-state index in [0.29, 0.717) is 25.3 Å². The van der Waals surface area contributed by atoms with Crippen molar-refractivity contribution in [3.63, 3.8) is 0 Å². The second-order valence-electron chi connectivity index (χ2n) is 16.6. The maximum absolute atomic E-state index is 8.76. The van der Waals surface area contributed by atoms with Gasteiger partial charge >= 0.3 is 7.12 Å². The SMILES string of the molecule is CCOc1ccc(-c2ccc3c(c2)c2cc(-c4ccc(OCC)cc4)ccc2c2nc(C)cnc32)cc1.CCOc1ccc(B(O)O)cc1.Cc1cnc2c3ccc(Br)cc3c3cc(Br)ccc3c2n1. The lowest BCUT2D eigenvalue weighted by molar-refractivity contribution is 0.340. The summed E-state index contributed by atoms with van der Waals surface area (Å²) in [6.45, 7) is 11.8. The molecule has 12 heteroatoms. The Morgan fingerprint density at radius 1 is 0.400 bits per heavy atom. The molecule has 0 unspecified atom stereocenters. The van der Waals surface area contributed by atoms with Crippen molar-refractivity contribution in [2.75, 3.05) is 19.8 Å². The van der Waals surface area contributed by atoms with Gasteiger partial charge in [0, 0.05) is 42.9 Å². The van der Waals surface area contributed by atoms with Crippen LogP contribution in [-0.4, -0.2) is 56.9 Å². The molecule has 9 aromatic carbocycles. The summed E-state index contributed by atoms with van der Waals surface area (Å²) in [5.74, 6) is 2.50. The molecule has 11 aromatic rings. The number of aryl methyl sites for hydroxylation is 2. The van der Waals surface area contributed by atoms with Gasteiger partial charge in [-0.05, 0) is 157 Å². The van der Waals surface area contributed by atoms with Crippen LogP contribution in [-0.2, 0) is 0 Å². The third kappa shape index (κ3) is 10.3. The van der Waals surface area contributed by atoms with E-state index >= 15 is 0 Å². The Hall–Kier alpha value is -6.96. The number of nitrogens with zero attached hydrogens (tertiary/aromatic N) is 4. The molecule has 0 saturated carbocycles. The maximum atomic E-state index is 8.76. The standard InChI is InChI=1S/C33H28N2O2.C17H10Br2N2.C8H11BO3/c1-4-36-26-12-6-22(7-13-26)24-10-16-28-30(18-24)31-19-25(23-8-14-27(15-9-23)37-5-2)11-17-29(31)33-32(28)34-20-21(3)35-33;1-9-8-20-16-12-4-2-10(18)6-14(12)15-7-11(19)3-5-13(15)17(16)21-9;1-2-12-8-5-3-7(4-6-8)9(10)11/h6-20H,4-5H2,1-3H3;2-8H,1H3;3-6,10-11H,2H2,1H3. The highest BCUT2D eigenvalue weighted by atomic mass is 79.9. The van der Waals surface area contributed by atoms with Gasteiger partial charge in [-0.2, -0.15) is 0 Å². The van der Waals surface area contributed by atoms with Crippen molar-refractivity contribution in [1.29, 1.82) is 0 Å². The van der Waals surface area contributed by atoms with Gasteiger partial charge in [0.15, 0.2) is 0 Å². The van der Waals surface area contributed by atoms with Gasteiger partial charge in [-0.3, -0.25) is 9.97 Å². The van der Waals surface area contributed by atoms with Crippen molar-refractivity contribution in [2.24, 2.45) is 0 Å². The van der Waals surface area contributed by atoms with Crippen LogP contribution in [0.25, 0.3) is 87.4 Å². The summed E-state index contributed by atoms with van der Waals surface area (Å²) in [5.41, 5.74) is 10.7. The van der Waals surface area contributed by atoms with Crippen LogP contribution < -0.4 is 19.7 Å². The largest absolute Gasteiger partial charge is 0.494 e. The van der Waals surface area contributed by atoms with E-state index in [0.717, 1.165) is 103 Å². The minimum atomic E-state index is -1.40. The molecule has 0 atom stereocenters. The first-order chi connectivity index (χ1) is 34.0. The predicted molar refractivity (Wildman–Crippen MR) is 295 cm³/mol. The fourth-order valence-electron chi connectivity index (χ4n) is 8.65. The van der Waals surface area contributed by atoms with E-state index < -0.39 is 7.12 Å². The summed E-state index contributed by atoms with van der Waals surface area (Å²) in [4.78, 5) is 19.0. The minimum Gasteiger partial charge on any atom is -0.494 e. The average molecular weight is 1050 g/mol. The van der Waals surface area contributed by atoms with Crippen LogP contribution in [0.5, 0.6) is 17.2 Å². The molecule has 2 aromatic heterocycles. The fraction of sp³-hybridized carbons (Fsp3) is 0.138.